The molecule has 1 fully saturated rings. The highest BCUT2D eigenvalue weighted by Crippen LogP contribution is 2.28. The molecule has 0 heterocycles. The van der Waals surface area contributed by atoms with Crippen LogP contribution in [0, 0.1) is 5.92 Å². The summed E-state index contributed by atoms with van der Waals surface area (Å²) in [6.07, 6.45) is 5.71. The van der Waals surface area contributed by atoms with E-state index in [4.69, 9.17) is 5.73 Å². The van der Waals surface area contributed by atoms with E-state index >= 15 is 0 Å². The Morgan fingerprint density at radius 2 is 1.80 bits per heavy atom. The molecule has 1 saturated carbocycles. The molecule has 2 rings (SSSR count). The van der Waals surface area contributed by atoms with Gasteiger partial charge in [0.1, 0.15) is 0 Å². The van der Waals surface area contributed by atoms with Crippen molar-refractivity contribution in [3.05, 3.63) is 29.8 Å². The standard InChI is InChI=1S/C13H17NO/c14-12-9-5-4-8-11(12)13(15)10-6-2-1-3-7-10/h4-5,8-10H,1-3,6-7,14H2. The van der Waals surface area contributed by atoms with E-state index in [-0.39, 0.29) is 11.7 Å². The summed E-state index contributed by atoms with van der Waals surface area (Å²) in [4.78, 5) is 12.1. The Hall–Kier alpha value is -1.31. The molecule has 1 aromatic carbocycles. The normalized spacial score (nSPS) is 17.6. The van der Waals surface area contributed by atoms with Crippen molar-refractivity contribution in [3.8, 4) is 0 Å². The lowest BCUT2D eigenvalue weighted by molar-refractivity contribution is 0.0890. The molecule has 0 spiro atoms. The first-order valence-corrected chi connectivity index (χ1v) is 5.68. The number of carbonyl (C=O) groups excluding carboxylic acids is 1. The largest absolute Gasteiger partial charge is 0.398 e. The second kappa shape index (κ2) is 4.47. The average molecular weight is 203 g/mol. The van der Waals surface area contributed by atoms with Crippen LogP contribution in [0.4, 0.5) is 5.69 Å². The maximum atomic E-state index is 12.1. The van der Waals surface area contributed by atoms with E-state index in [0.29, 0.717) is 11.3 Å². The molecular formula is C13H17NO. The molecule has 0 bridgehead atoms. The minimum absolute atomic E-state index is 0.212. The van der Waals surface area contributed by atoms with Gasteiger partial charge in [-0.2, -0.15) is 0 Å². The van der Waals surface area contributed by atoms with Crippen LogP contribution in [0.15, 0.2) is 24.3 Å². The quantitative estimate of drug-likeness (QED) is 0.593. The first-order chi connectivity index (χ1) is 7.29. The van der Waals surface area contributed by atoms with Gasteiger partial charge in [-0.3, -0.25) is 4.79 Å². The highest BCUT2D eigenvalue weighted by atomic mass is 16.1. The number of para-hydroxylation sites is 1. The summed E-state index contributed by atoms with van der Waals surface area (Å²) in [7, 11) is 0. The van der Waals surface area contributed by atoms with Gasteiger partial charge >= 0.3 is 0 Å². The number of nitrogens with two attached hydrogens (primary N) is 1. The van der Waals surface area contributed by atoms with Crippen LogP contribution in [0.1, 0.15) is 42.5 Å². The monoisotopic (exact) mass is 203 g/mol. The topological polar surface area (TPSA) is 43.1 Å². The summed E-state index contributed by atoms with van der Waals surface area (Å²) in [6.45, 7) is 0. The van der Waals surface area contributed by atoms with Gasteiger partial charge in [0.25, 0.3) is 0 Å². The first kappa shape index (κ1) is 10.2. The highest BCUT2D eigenvalue weighted by molar-refractivity contribution is 6.02. The first-order valence-electron chi connectivity index (χ1n) is 5.68. The van der Waals surface area contributed by atoms with E-state index in [1.807, 2.05) is 18.2 Å². The van der Waals surface area contributed by atoms with Crippen molar-refractivity contribution in [2.24, 2.45) is 5.92 Å². The number of ketones is 1. The molecule has 0 radical (unpaired) electrons. The molecule has 1 aliphatic rings. The fourth-order valence-electron chi connectivity index (χ4n) is 2.31. The number of carbonyl (C=O) groups is 1. The minimum Gasteiger partial charge on any atom is -0.398 e. The second-order valence-electron chi connectivity index (χ2n) is 4.29. The molecule has 80 valence electrons. The molecule has 1 aliphatic carbocycles. The van der Waals surface area contributed by atoms with E-state index in [0.717, 1.165) is 12.8 Å². The van der Waals surface area contributed by atoms with E-state index in [1.54, 1.807) is 6.07 Å². The molecule has 1 aromatic rings. The van der Waals surface area contributed by atoms with Crippen LogP contribution < -0.4 is 5.73 Å². The van der Waals surface area contributed by atoms with Crippen molar-refractivity contribution >= 4 is 11.5 Å². The average Bonchev–Trinajstić information content (AvgIpc) is 2.30. The van der Waals surface area contributed by atoms with Gasteiger partial charge < -0.3 is 5.73 Å². The molecule has 2 heteroatoms. The van der Waals surface area contributed by atoms with Gasteiger partial charge in [0.15, 0.2) is 5.78 Å². The van der Waals surface area contributed by atoms with Gasteiger partial charge in [0.2, 0.25) is 0 Å². The van der Waals surface area contributed by atoms with Crippen molar-refractivity contribution in [3.63, 3.8) is 0 Å². The maximum Gasteiger partial charge on any atom is 0.168 e. The smallest absolute Gasteiger partial charge is 0.168 e. The zero-order chi connectivity index (χ0) is 10.7. The molecule has 15 heavy (non-hydrogen) atoms. The lowest BCUT2D eigenvalue weighted by Crippen LogP contribution is -2.18. The highest BCUT2D eigenvalue weighted by Gasteiger charge is 2.23. The molecular weight excluding hydrogens is 186 g/mol. The fourth-order valence-corrected chi connectivity index (χ4v) is 2.31. The van der Waals surface area contributed by atoms with Gasteiger partial charge in [-0.05, 0) is 25.0 Å². The zero-order valence-corrected chi connectivity index (χ0v) is 8.91. The van der Waals surface area contributed by atoms with Crippen molar-refractivity contribution in [2.75, 3.05) is 5.73 Å². The van der Waals surface area contributed by atoms with Gasteiger partial charge in [0.05, 0.1) is 0 Å². The van der Waals surface area contributed by atoms with Crippen LogP contribution in [-0.2, 0) is 0 Å². The Morgan fingerprint density at radius 1 is 1.13 bits per heavy atom. The van der Waals surface area contributed by atoms with E-state index < -0.39 is 0 Å². The fraction of sp³-hybridized carbons (Fsp3) is 0.462. The van der Waals surface area contributed by atoms with Gasteiger partial charge in [0, 0.05) is 17.2 Å². The van der Waals surface area contributed by atoms with Gasteiger partial charge in [-0.15, -0.1) is 0 Å². The van der Waals surface area contributed by atoms with Crippen LogP contribution in [0.3, 0.4) is 0 Å². The lowest BCUT2D eigenvalue weighted by atomic mass is 9.83. The van der Waals surface area contributed by atoms with E-state index in [1.165, 1.54) is 19.3 Å². The van der Waals surface area contributed by atoms with Crippen molar-refractivity contribution < 1.29 is 4.79 Å². The van der Waals surface area contributed by atoms with Crippen molar-refractivity contribution in [1.29, 1.82) is 0 Å². The third kappa shape index (κ3) is 2.20. The van der Waals surface area contributed by atoms with Crippen LogP contribution in [-0.4, -0.2) is 5.78 Å². The minimum atomic E-state index is 0.212. The van der Waals surface area contributed by atoms with Crippen molar-refractivity contribution in [2.45, 2.75) is 32.1 Å². The predicted octanol–water partition coefficient (Wildman–Crippen LogP) is 3.03. The number of Topliss-reactive ketones (excluding diaryl/α,β-unsaturated/α-hetero) is 1. The molecule has 0 amide bonds. The van der Waals surface area contributed by atoms with Crippen LogP contribution >= 0.6 is 0 Å². The maximum absolute atomic E-state index is 12.1. The number of rotatable bonds is 2. The number of hydrogen-bond donors (Lipinski definition) is 1. The van der Waals surface area contributed by atoms with Gasteiger partial charge in [-0.1, -0.05) is 31.4 Å². The Morgan fingerprint density at radius 3 is 2.47 bits per heavy atom. The van der Waals surface area contributed by atoms with Crippen LogP contribution in [0.25, 0.3) is 0 Å². The zero-order valence-electron chi connectivity index (χ0n) is 8.91. The number of benzene rings is 1. The molecule has 2 N–H and O–H groups in total. The molecule has 0 unspecified atom stereocenters. The lowest BCUT2D eigenvalue weighted by Gasteiger charge is -2.20. The van der Waals surface area contributed by atoms with E-state index in [9.17, 15) is 4.79 Å². The molecule has 0 aliphatic heterocycles. The summed E-state index contributed by atoms with van der Waals surface area (Å²) in [5.41, 5.74) is 7.14. The molecule has 0 aromatic heterocycles. The molecule has 0 saturated heterocycles. The van der Waals surface area contributed by atoms with E-state index in [2.05, 4.69) is 0 Å². The number of anilines is 1. The van der Waals surface area contributed by atoms with Gasteiger partial charge in [-0.25, -0.2) is 0 Å². The predicted molar refractivity (Wildman–Crippen MR) is 61.8 cm³/mol. The Balaban J connectivity index is 2.16. The van der Waals surface area contributed by atoms with Crippen molar-refractivity contribution in [1.82, 2.24) is 0 Å². The SMILES string of the molecule is Nc1ccccc1C(=O)C1CCCCC1. The van der Waals surface area contributed by atoms with Crippen LogP contribution in [0.5, 0.6) is 0 Å². The third-order valence-corrected chi connectivity index (χ3v) is 3.20. The number of nitrogen functional groups attached to an aromatic ring is 1. The molecule has 2 nitrogen and oxygen atoms in total. The Labute approximate surface area is 90.5 Å². The Bertz CT molecular complexity index is 353. The summed E-state index contributed by atoms with van der Waals surface area (Å²) in [5, 5.41) is 0. The second-order valence-corrected chi connectivity index (χ2v) is 4.29. The number of hydrogen-bond acceptors (Lipinski definition) is 2. The third-order valence-electron chi connectivity index (χ3n) is 3.20. The summed E-state index contributed by atoms with van der Waals surface area (Å²) >= 11 is 0. The Kier molecular flexibility index (Phi) is 3.05. The summed E-state index contributed by atoms with van der Waals surface area (Å²) in [5.74, 6) is 0.455. The molecule has 0 atom stereocenters. The summed E-state index contributed by atoms with van der Waals surface area (Å²) < 4.78 is 0. The summed E-state index contributed by atoms with van der Waals surface area (Å²) in [6, 6.07) is 7.39. The van der Waals surface area contributed by atoms with Crippen LogP contribution in [0.2, 0.25) is 0 Å².